The zero-order chi connectivity index (χ0) is 18.1. The lowest BCUT2D eigenvalue weighted by atomic mass is 10.2. The number of carbonyl (C=O) groups excluding carboxylic acids is 1. The normalized spacial score (nSPS) is 10.6. The standard InChI is InChI=1S/C20H26N2O3/c1-4-24-19-7-5-6-17(14-19)20(23)21-15-16-8-10-18(11-9-16)25-13-12-22(2)3/h5-11,14H,4,12-13,15H2,1-3H3,(H,21,23). The van der Waals surface area contributed by atoms with Crippen LogP contribution < -0.4 is 14.8 Å². The van der Waals surface area contributed by atoms with Gasteiger partial charge >= 0.3 is 0 Å². The molecule has 25 heavy (non-hydrogen) atoms. The summed E-state index contributed by atoms with van der Waals surface area (Å²) in [6.45, 7) is 4.49. The van der Waals surface area contributed by atoms with Crippen molar-refractivity contribution in [2.75, 3.05) is 33.9 Å². The molecule has 0 unspecified atom stereocenters. The van der Waals surface area contributed by atoms with Gasteiger partial charge < -0.3 is 19.7 Å². The Bertz CT molecular complexity index is 669. The lowest BCUT2D eigenvalue weighted by Gasteiger charge is -2.11. The number of carbonyl (C=O) groups is 1. The number of rotatable bonds is 9. The summed E-state index contributed by atoms with van der Waals surface area (Å²) < 4.78 is 11.1. The first-order valence-corrected chi connectivity index (χ1v) is 8.46. The van der Waals surface area contributed by atoms with E-state index in [0.717, 1.165) is 17.9 Å². The van der Waals surface area contributed by atoms with Crippen molar-refractivity contribution in [3.63, 3.8) is 0 Å². The second-order valence-electron chi connectivity index (χ2n) is 5.94. The average molecular weight is 342 g/mol. The van der Waals surface area contributed by atoms with E-state index in [-0.39, 0.29) is 5.91 Å². The first kappa shape index (κ1) is 18.8. The fourth-order valence-electron chi connectivity index (χ4n) is 2.23. The number of nitrogens with one attached hydrogen (secondary N) is 1. The van der Waals surface area contributed by atoms with Crippen molar-refractivity contribution in [2.45, 2.75) is 13.5 Å². The molecule has 0 radical (unpaired) electrons. The molecule has 0 aromatic heterocycles. The van der Waals surface area contributed by atoms with E-state index < -0.39 is 0 Å². The Hall–Kier alpha value is -2.53. The highest BCUT2D eigenvalue weighted by Crippen LogP contribution is 2.14. The summed E-state index contributed by atoms with van der Waals surface area (Å²) in [5.74, 6) is 1.42. The molecule has 5 nitrogen and oxygen atoms in total. The Morgan fingerprint density at radius 1 is 1.04 bits per heavy atom. The summed E-state index contributed by atoms with van der Waals surface area (Å²) in [6.07, 6.45) is 0. The predicted octanol–water partition coefficient (Wildman–Crippen LogP) is 2.96. The van der Waals surface area contributed by atoms with Crippen LogP contribution in [0, 0.1) is 0 Å². The molecule has 1 N–H and O–H groups in total. The van der Waals surface area contributed by atoms with Crippen LogP contribution in [0.25, 0.3) is 0 Å². The van der Waals surface area contributed by atoms with Crippen molar-refractivity contribution in [2.24, 2.45) is 0 Å². The Balaban J connectivity index is 1.84. The van der Waals surface area contributed by atoms with Crippen LogP contribution in [0.1, 0.15) is 22.8 Å². The topological polar surface area (TPSA) is 50.8 Å². The average Bonchev–Trinajstić information content (AvgIpc) is 2.61. The van der Waals surface area contributed by atoms with E-state index in [2.05, 4.69) is 10.2 Å². The van der Waals surface area contributed by atoms with Crippen LogP contribution in [0.5, 0.6) is 11.5 Å². The van der Waals surface area contributed by atoms with Gasteiger partial charge in [-0.2, -0.15) is 0 Å². The number of nitrogens with zero attached hydrogens (tertiary/aromatic N) is 1. The maximum absolute atomic E-state index is 12.3. The first-order chi connectivity index (χ1) is 12.1. The van der Waals surface area contributed by atoms with Crippen molar-refractivity contribution in [1.82, 2.24) is 10.2 Å². The highest BCUT2D eigenvalue weighted by Gasteiger charge is 2.06. The van der Waals surface area contributed by atoms with Gasteiger partial charge in [-0.3, -0.25) is 4.79 Å². The van der Waals surface area contributed by atoms with Crippen LogP contribution in [0.2, 0.25) is 0 Å². The molecule has 2 aromatic carbocycles. The predicted molar refractivity (Wildman–Crippen MR) is 99.3 cm³/mol. The molecule has 0 saturated carbocycles. The molecule has 0 saturated heterocycles. The van der Waals surface area contributed by atoms with Gasteiger partial charge in [-0.1, -0.05) is 18.2 Å². The van der Waals surface area contributed by atoms with E-state index in [1.54, 1.807) is 12.1 Å². The summed E-state index contributed by atoms with van der Waals surface area (Å²) in [5, 5.41) is 2.92. The van der Waals surface area contributed by atoms with Crippen LogP contribution in [-0.4, -0.2) is 44.7 Å². The van der Waals surface area contributed by atoms with Gasteiger partial charge in [0.05, 0.1) is 6.61 Å². The van der Waals surface area contributed by atoms with Gasteiger partial charge in [0.25, 0.3) is 5.91 Å². The van der Waals surface area contributed by atoms with Crippen LogP contribution in [0.4, 0.5) is 0 Å². The molecule has 5 heteroatoms. The molecule has 0 aliphatic heterocycles. The molecule has 0 bridgehead atoms. The largest absolute Gasteiger partial charge is 0.494 e. The van der Waals surface area contributed by atoms with Crippen LogP contribution >= 0.6 is 0 Å². The summed E-state index contributed by atoms with van der Waals surface area (Å²) >= 11 is 0. The Labute approximate surface area is 149 Å². The second-order valence-corrected chi connectivity index (χ2v) is 5.94. The molecule has 0 aliphatic carbocycles. The zero-order valence-electron chi connectivity index (χ0n) is 15.1. The number of ether oxygens (including phenoxy) is 2. The van der Waals surface area contributed by atoms with Crippen LogP contribution in [-0.2, 0) is 6.54 Å². The van der Waals surface area contributed by atoms with E-state index in [0.29, 0.717) is 31.1 Å². The summed E-state index contributed by atoms with van der Waals surface area (Å²) in [6, 6.07) is 15.0. The van der Waals surface area contributed by atoms with E-state index in [1.807, 2.05) is 57.4 Å². The Morgan fingerprint density at radius 3 is 2.48 bits per heavy atom. The van der Waals surface area contributed by atoms with Gasteiger partial charge in [0, 0.05) is 18.7 Å². The van der Waals surface area contributed by atoms with Crippen molar-refractivity contribution < 1.29 is 14.3 Å². The van der Waals surface area contributed by atoms with Gasteiger partial charge in [-0.25, -0.2) is 0 Å². The van der Waals surface area contributed by atoms with Gasteiger partial charge in [-0.15, -0.1) is 0 Å². The van der Waals surface area contributed by atoms with E-state index in [1.165, 1.54) is 0 Å². The first-order valence-electron chi connectivity index (χ1n) is 8.46. The lowest BCUT2D eigenvalue weighted by molar-refractivity contribution is 0.0950. The molecule has 0 aliphatic rings. The molecule has 2 rings (SSSR count). The van der Waals surface area contributed by atoms with Gasteiger partial charge in [0.2, 0.25) is 0 Å². The van der Waals surface area contributed by atoms with Crippen molar-refractivity contribution in [1.29, 1.82) is 0 Å². The number of hydrogen-bond acceptors (Lipinski definition) is 4. The molecular weight excluding hydrogens is 316 g/mol. The van der Waals surface area contributed by atoms with E-state index >= 15 is 0 Å². The lowest BCUT2D eigenvalue weighted by Crippen LogP contribution is -2.22. The Kier molecular flexibility index (Phi) is 7.29. The van der Waals surface area contributed by atoms with E-state index in [9.17, 15) is 4.79 Å². The highest BCUT2D eigenvalue weighted by atomic mass is 16.5. The molecule has 0 spiro atoms. The molecule has 0 fully saturated rings. The molecule has 0 heterocycles. The molecule has 134 valence electrons. The van der Waals surface area contributed by atoms with Gasteiger partial charge in [0.1, 0.15) is 18.1 Å². The van der Waals surface area contributed by atoms with Crippen LogP contribution in [0.15, 0.2) is 48.5 Å². The maximum atomic E-state index is 12.3. The minimum atomic E-state index is -0.118. The number of hydrogen-bond donors (Lipinski definition) is 1. The zero-order valence-corrected chi connectivity index (χ0v) is 15.1. The SMILES string of the molecule is CCOc1cccc(C(=O)NCc2ccc(OCCN(C)C)cc2)c1. The summed E-state index contributed by atoms with van der Waals surface area (Å²) in [4.78, 5) is 14.3. The Morgan fingerprint density at radius 2 is 1.80 bits per heavy atom. The van der Waals surface area contributed by atoms with Gasteiger partial charge in [0.15, 0.2) is 0 Å². The fourth-order valence-corrected chi connectivity index (χ4v) is 2.23. The monoisotopic (exact) mass is 342 g/mol. The van der Waals surface area contributed by atoms with Crippen molar-refractivity contribution >= 4 is 5.91 Å². The molecule has 2 aromatic rings. The summed E-state index contributed by atoms with van der Waals surface area (Å²) in [5.41, 5.74) is 1.61. The molecule has 0 atom stereocenters. The number of benzene rings is 2. The number of likely N-dealkylation sites (N-methyl/N-ethyl adjacent to an activating group) is 1. The number of amides is 1. The third kappa shape index (κ3) is 6.47. The van der Waals surface area contributed by atoms with Crippen LogP contribution in [0.3, 0.4) is 0 Å². The molecular formula is C20H26N2O3. The fraction of sp³-hybridized carbons (Fsp3) is 0.350. The van der Waals surface area contributed by atoms with Gasteiger partial charge in [-0.05, 0) is 56.9 Å². The minimum absolute atomic E-state index is 0.118. The highest BCUT2D eigenvalue weighted by molar-refractivity contribution is 5.94. The third-order valence-electron chi connectivity index (χ3n) is 3.59. The molecule has 1 amide bonds. The van der Waals surface area contributed by atoms with Crippen molar-refractivity contribution in [3.05, 3.63) is 59.7 Å². The van der Waals surface area contributed by atoms with Crippen molar-refractivity contribution in [3.8, 4) is 11.5 Å². The minimum Gasteiger partial charge on any atom is -0.494 e. The quantitative estimate of drug-likeness (QED) is 0.761. The second kappa shape index (κ2) is 9.69. The third-order valence-corrected chi connectivity index (χ3v) is 3.59. The summed E-state index contributed by atoms with van der Waals surface area (Å²) in [7, 11) is 4.03. The van der Waals surface area contributed by atoms with E-state index in [4.69, 9.17) is 9.47 Å². The maximum Gasteiger partial charge on any atom is 0.251 e. The smallest absolute Gasteiger partial charge is 0.251 e.